The van der Waals surface area contributed by atoms with E-state index in [2.05, 4.69) is 15.5 Å². The molecule has 0 amide bonds. The van der Waals surface area contributed by atoms with Crippen LogP contribution >= 0.6 is 0 Å². The lowest BCUT2D eigenvalue weighted by Crippen LogP contribution is -2.20. The number of hydrogen-bond donors (Lipinski definition) is 1. The van der Waals surface area contributed by atoms with Crippen molar-refractivity contribution in [1.82, 2.24) is 15.5 Å². The summed E-state index contributed by atoms with van der Waals surface area (Å²) in [6.45, 7) is 3.02. The van der Waals surface area contributed by atoms with Gasteiger partial charge in [-0.05, 0) is 32.7 Å². The first-order valence-electron chi connectivity index (χ1n) is 5.42. The quantitative estimate of drug-likeness (QED) is 0.791. The topological polar surface area (TPSA) is 54.2 Å². The summed E-state index contributed by atoms with van der Waals surface area (Å²) in [4.78, 5) is 2.04. The number of aromatic nitrogens is 2. The van der Waals surface area contributed by atoms with Crippen LogP contribution in [0.15, 0.2) is 4.42 Å². The van der Waals surface area contributed by atoms with Gasteiger partial charge in [0, 0.05) is 13.6 Å². The Balaban J connectivity index is 1.98. The van der Waals surface area contributed by atoms with Gasteiger partial charge in [-0.15, -0.1) is 5.10 Å². The van der Waals surface area contributed by atoms with Crippen LogP contribution in [-0.2, 0) is 0 Å². The number of hydrogen-bond acceptors (Lipinski definition) is 5. The van der Waals surface area contributed by atoms with Crippen molar-refractivity contribution in [3.05, 3.63) is 5.89 Å². The van der Waals surface area contributed by atoms with E-state index in [0.29, 0.717) is 11.9 Å². The summed E-state index contributed by atoms with van der Waals surface area (Å²) in [5, 5.41) is 11.1. The molecular formula is C10H18N4O. The van der Waals surface area contributed by atoms with Gasteiger partial charge in [-0.2, -0.15) is 0 Å². The monoisotopic (exact) mass is 210 g/mol. The molecule has 1 atom stereocenters. The molecule has 0 spiro atoms. The normalized spacial score (nSPS) is 17.8. The molecule has 1 fully saturated rings. The fourth-order valence-corrected chi connectivity index (χ4v) is 1.44. The molecule has 0 bridgehead atoms. The van der Waals surface area contributed by atoms with Crippen LogP contribution in [0.1, 0.15) is 31.7 Å². The largest absolute Gasteiger partial charge is 0.406 e. The molecule has 0 saturated heterocycles. The van der Waals surface area contributed by atoms with Gasteiger partial charge in [-0.25, -0.2) is 0 Å². The first-order valence-corrected chi connectivity index (χ1v) is 5.42. The van der Waals surface area contributed by atoms with E-state index in [1.165, 1.54) is 12.8 Å². The van der Waals surface area contributed by atoms with E-state index in [1.807, 2.05) is 25.9 Å². The van der Waals surface area contributed by atoms with E-state index in [1.54, 1.807) is 0 Å². The zero-order valence-corrected chi connectivity index (χ0v) is 9.53. The second kappa shape index (κ2) is 4.18. The molecule has 0 aromatic carbocycles. The highest BCUT2D eigenvalue weighted by Crippen LogP contribution is 2.30. The Bertz CT molecular complexity index is 321. The van der Waals surface area contributed by atoms with Crippen molar-refractivity contribution in [1.29, 1.82) is 0 Å². The molecule has 84 valence electrons. The van der Waals surface area contributed by atoms with Crippen LogP contribution in [0.2, 0.25) is 0 Å². The highest BCUT2D eigenvalue weighted by Gasteiger charge is 2.25. The Morgan fingerprint density at radius 1 is 1.53 bits per heavy atom. The van der Waals surface area contributed by atoms with Crippen LogP contribution in [0.4, 0.5) is 6.01 Å². The predicted octanol–water partition coefficient (Wildman–Crippen LogP) is 1.20. The fourth-order valence-electron chi connectivity index (χ4n) is 1.44. The minimum Gasteiger partial charge on any atom is -0.406 e. The SMILES string of the molecule is CNC(C)c1nnc(N(C)CC2CC2)o1. The molecule has 1 heterocycles. The fraction of sp³-hybridized carbons (Fsp3) is 0.800. The van der Waals surface area contributed by atoms with E-state index < -0.39 is 0 Å². The van der Waals surface area contributed by atoms with Crippen molar-refractivity contribution in [3.8, 4) is 0 Å². The van der Waals surface area contributed by atoms with E-state index in [0.717, 1.165) is 12.5 Å². The molecule has 1 N–H and O–H groups in total. The van der Waals surface area contributed by atoms with E-state index >= 15 is 0 Å². The summed E-state index contributed by atoms with van der Waals surface area (Å²) >= 11 is 0. The number of nitrogens with zero attached hydrogens (tertiary/aromatic N) is 3. The second-order valence-corrected chi connectivity index (χ2v) is 4.26. The maximum absolute atomic E-state index is 5.57. The zero-order chi connectivity index (χ0) is 10.8. The van der Waals surface area contributed by atoms with E-state index in [9.17, 15) is 0 Å². The zero-order valence-electron chi connectivity index (χ0n) is 9.53. The first kappa shape index (κ1) is 10.4. The standard InChI is InChI=1S/C10H18N4O/c1-7(11-2)9-12-13-10(15-9)14(3)6-8-4-5-8/h7-8,11H,4-6H2,1-3H3. The third-order valence-corrected chi connectivity index (χ3v) is 2.79. The molecule has 0 aliphatic heterocycles. The van der Waals surface area contributed by atoms with Crippen LogP contribution in [0.25, 0.3) is 0 Å². The second-order valence-electron chi connectivity index (χ2n) is 4.26. The van der Waals surface area contributed by atoms with Crippen molar-refractivity contribution >= 4 is 6.01 Å². The molecule has 1 aromatic heterocycles. The Labute approximate surface area is 89.9 Å². The van der Waals surface area contributed by atoms with Gasteiger partial charge in [0.15, 0.2) is 0 Å². The Hall–Kier alpha value is -1.10. The molecular weight excluding hydrogens is 192 g/mol. The molecule has 15 heavy (non-hydrogen) atoms. The summed E-state index contributed by atoms with van der Waals surface area (Å²) in [6.07, 6.45) is 2.66. The Kier molecular flexibility index (Phi) is 2.90. The number of anilines is 1. The van der Waals surface area contributed by atoms with Gasteiger partial charge in [0.1, 0.15) is 0 Å². The van der Waals surface area contributed by atoms with Crippen LogP contribution < -0.4 is 10.2 Å². The molecule has 1 saturated carbocycles. The molecule has 1 aliphatic rings. The van der Waals surface area contributed by atoms with Gasteiger partial charge in [-0.3, -0.25) is 0 Å². The van der Waals surface area contributed by atoms with Crippen LogP contribution in [0.3, 0.4) is 0 Å². The average molecular weight is 210 g/mol. The van der Waals surface area contributed by atoms with Crippen molar-refractivity contribution in [2.24, 2.45) is 5.92 Å². The van der Waals surface area contributed by atoms with Gasteiger partial charge in [-0.1, -0.05) is 5.10 Å². The first-order chi connectivity index (χ1) is 7.20. The molecule has 2 rings (SSSR count). The number of nitrogens with one attached hydrogen (secondary N) is 1. The van der Waals surface area contributed by atoms with Crippen molar-refractivity contribution in [3.63, 3.8) is 0 Å². The van der Waals surface area contributed by atoms with Crippen LogP contribution in [0.5, 0.6) is 0 Å². The van der Waals surface area contributed by atoms with Gasteiger partial charge in [0.25, 0.3) is 0 Å². The average Bonchev–Trinajstić information content (AvgIpc) is 2.91. The van der Waals surface area contributed by atoms with E-state index in [4.69, 9.17) is 4.42 Å². The summed E-state index contributed by atoms with van der Waals surface area (Å²) in [5.74, 6) is 1.47. The highest BCUT2D eigenvalue weighted by atomic mass is 16.4. The smallest absolute Gasteiger partial charge is 0.317 e. The highest BCUT2D eigenvalue weighted by molar-refractivity contribution is 5.22. The Morgan fingerprint density at radius 3 is 2.87 bits per heavy atom. The Morgan fingerprint density at radius 2 is 2.27 bits per heavy atom. The predicted molar refractivity (Wildman–Crippen MR) is 57.8 cm³/mol. The van der Waals surface area contributed by atoms with Gasteiger partial charge >= 0.3 is 6.01 Å². The maximum atomic E-state index is 5.57. The minimum absolute atomic E-state index is 0.112. The minimum atomic E-state index is 0.112. The summed E-state index contributed by atoms with van der Waals surface area (Å²) in [6, 6.07) is 0.736. The number of rotatable bonds is 5. The molecule has 0 radical (unpaired) electrons. The summed E-state index contributed by atoms with van der Waals surface area (Å²) in [7, 11) is 3.88. The molecule has 1 unspecified atom stereocenters. The van der Waals surface area contributed by atoms with Gasteiger partial charge in [0.05, 0.1) is 6.04 Å². The van der Waals surface area contributed by atoms with Crippen LogP contribution in [-0.4, -0.2) is 30.8 Å². The molecule has 5 heteroatoms. The van der Waals surface area contributed by atoms with Crippen molar-refractivity contribution in [2.45, 2.75) is 25.8 Å². The lowest BCUT2D eigenvalue weighted by Gasteiger charge is -2.12. The summed E-state index contributed by atoms with van der Waals surface area (Å²) < 4.78 is 5.57. The summed E-state index contributed by atoms with van der Waals surface area (Å²) in [5.41, 5.74) is 0. The molecule has 1 aromatic rings. The molecule has 1 aliphatic carbocycles. The van der Waals surface area contributed by atoms with Crippen molar-refractivity contribution in [2.75, 3.05) is 25.5 Å². The lowest BCUT2D eigenvalue weighted by molar-refractivity contribution is 0.431. The lowest BCUT2D eigenvalue weighted by atomic mass is 10.3. The van der Waals surface area contributed by atoms with Gasteiger partial charge in [0.2, 0.25) is 5.89 Å². The molecule has 5 nitrogen and oxygen atoms in total. The van der Waals surface area contributed by atoms with Crippen LogP contribution in [0, 0.1) is 5.92 Å². The third-order valence-electron chi connectivity index (χ3n) is 2.79. The maximum Gasteiger partial charge on any atom is 0.317 e. The van der Waals surface area contributed by atoms with E-state index in [-0.39, 0.29) is 6.04 Å². The van der Waals surface area contributed by atoms with Gasteiger partial charge < -0.3 is 14.6 Å². The third kappa shape index (κ3) is 2.47. The van der Waals surface area contributed by atoms with Crippen molar-refractivity contribution < 1.29 is 4.42 Å².